The highest BCUT2D eigenvalue weighted by atomic mass is 32.2. The fourth-order valence-electron chi connectivity index (χ4n) is 1.52. The van der Waals surface area contributed by atoms with Gasteiger partial charge in [-0.3, -0.25) is 0 Å². The van der Waals surface area contributed by atoms with Crippen molar-refractivity contribution in [1.29, 1.82) is 0 Å². The van der Waals surface area contributed by atoms with E-state index in [1.54, 1.807) is 0 Å². The van der Waals surface area contributed by atoms with E-state index in [0.29, 0.717) is 0 Å². The molecule has 2 aromatic rings. The van der Waals surface area contributed by atoms with Gasteiger partial charge in [0.2, 0.25) is 12.7 Å². The molecule has 0 saturated carbocycles. The number of hydrogen-bond donors (Lipinski definition) is 0. The van der Waals surface area contributed by atoms with Crippen LogP contribution in [0, 0.1) is 0 Å². The maximum atomic E-state index is 10.7. The Kier molecular flexibility index (Phi) is 13.7. The van der Waals surface area contributed by atoms with Crippen molar-refractivity contribution < 1.29 is 61.4 Å². The van der Waals surface area contributed by atoms with Gasteiger partial charge >= 0.3 is 11.0 Å². The fraction of sp³-hybridized carbons (Fsp3) is 0.375. The molecule has 0 aliphatic carbocycles. The number of alkyl halides is 6. The van der Waals surface area contributed by atoms with Crippen molar-refractivity contribution in [1.82, 2.24) is 9.13 Å². The Morgan fingerprint density at radius 1 is 0.765 bits per heavy atom. The molecule has 10 nitrogen and oxygen atoms in total. The van der Waals surface area contributed by atoms with Crippen LogP contribution in [0.4, 0.5) is 26.3 Å². The smallest absolute Gasteiger partial charge is 0.485 e. The lowest BCUT2D eigenvalue weighted by molar-refractivity contribution is -0.686. The van der Waals surface area contributed by atoms with Crippen LogP contribution in [0.25, 0.3) is 0 Å². The van der Waals surface area contributed by atoms with Crippen LogP contribution in [0.2, 0.25) is 0 Å². The molecule has 0 radical (unpaired) electrons. The van der Waals surface area contributed by atoms with Crippen LogP contribution in [0.15, 0.2) is 62.8 Å². The largest absolute Gasteiger partial charge is 0.741 e. The van der Waals surface area contributed by atoms with Gasteiger partial charge in [-0.25, -0.2) is 35.1 Å². The van der Waals surface area contributed by atoms with E-state index >= 15 is 0 Å². The van der Waals surface area contributed by atoms with Gasteiger partial charge in [-0.2, -0.15) is 26.3 Å². The van der Waals surface area contributed by atoms with Crippen molar-refractivity contribution in [2.75, 3.05) is 0 Å². The molecule has 196 valence electrons. The van der Waals surface area contributed by atoms with Gasteiger partial charge in [-0.05, 0) is 0 Å². The highest BCUT2D eigenvalue weighted by Crippen LogP contribution is 2.21. The Bertz CT molecular complexity index is 1020. The molecule has 0 bridgehead atoms. The maximum Gasteiger partial charge on any atom is 0.485 e. The van der Waals surface area contributed by atoms with Crippen molar-refractivity contribution in [3.05, 3.63) is 62.8 Å². The number of allylic oxidation sites excluding steroid dienone is 2. The number of imidazole rings is 2. The molecule has 2 rings (SSSR count). The average Bonchev–Trinajstić information content (AvgIpc) is 3.22. The van der Waals surface area contributed by atoms with E-state index in [2.05, 4.69) is 22.3 Å². The molecule has 0 spiro atoms. The van der Waals surface area contributed by atoms with Crippen LogP contribution in [0.1, 0.15) is 0 Å². The molecule has 2 aromatic heterocycles. The monoisotopic (exact) mass is 544 g/mol. The van der Waals surface area contributed by atoms with Gasteiger partial charge in [0.1, 0.15) is 37.9 Å². The quantitative estimate of drug-likeness (QED) is 0.186. The van der Waals surface area contributed by atoms with Crippen molar-refractivity contribution >= 4 is 20.2 Å². The summed E-state index contributed by atoms with van der Waals surface area (Å²) in [6.45, 7) is 9.05. The van der Waals surface area contributed by atoms with Gasteiger partial charge in [0.25, 0.3) is 0 Å². The number of nitrogens with zero attached hydrogens (tertiary/aromatic N) is 4. The first-order chi connectivity index (χ1) is 15.2. The first-order valence-electron chi connectivity index (χ1n) is 8.43. The highest BCUT2D eigenvalue weighted by molar-refractivity contribution is 7.86. The third-order valence-corrected chi connectivity index (χ3v) is 4.03. The van der Waals surface area contributed by atoms with Crippen molar-refractivity contribution in [2.24, 2.45) is 14.1 Å². The summed E-state index contributed by atoms with van der Waals surface area (Å²) < 4.78 is 126. The second-order valence-electron chi connectivity index (χ2n) is 5.93. The summed E-state index contributed by atoms with van der Waals surface area (Å²) in [6, 6.07) is 0. The number of aryl methyl sites for hydroxylation is 2. The second kappa shape index (κ2) is 13.9. The summed E-state index contributed by atoms with van der Waals surface area (Å²) in [5, 5.41) is 0. The van der Waals surface area contributed by atoms with Crippen LogP contribution < -0.4 is 9.13 Å². The molecule has 0 fully saturated rings. The van der Waals surface area contributed by atoms with Gasteiger partial charge in [-0.15, -0.1) is 0 Å². The Labute approximate surface area is 192 Å². The van der Waals surface area contributed by atoms with E-state index in [4.69, 9.17) is 25.9 Å². The molecule has 0 aliphatic heterocycles. The molecule has 0 N–H and O–H groups in total. The highest BCUT2D eigenvalue weighted by Gasteiger charge is 2.37. The Morgan fingerprint density at radius 2 is 1.00 bits per heavy atom. The van der Waals surface area contributed by atoms with Crippen LogP contribution in [-0.2, 0) is 47.4 Å². The normalized spacial score (nSPS) is 11.6. The van der Waals surface area contributed by atoms with Crippen molar-refractivity contribution in [2.45, 2.75) is 24.1 Å². The minimum absolute atomic E-state index is 0.890. The predicted molar refractivity (Wildman–Crippen MR) is 103 cm³/mol. The Balaban J connectivity index is 0. The summed E-state index contributed by atoms with van der Waals surface area (Å²) in [7, 11) is -8.18. The SMILES string of the molecule is C=CC[n+]1ccn(C)c1.C=CC[n+]1ccn(C)c1.O=S(=O)([O-])C(F)(F)F.O=S(=O)([O-])C(F)(F)F. The first kappa shape index (κ1) is 33.5. The van der Waals surface area contributed by atoms with E-state index in [0.717, 1.165) is 13.1 Å². The molecule has 0 saturated heterocycles. The standard InChI is InChI=1S/2C7H11N2.2CHF3O3S/c2*1-3-4-9-6-5-8(2)7-9;2*2-1(3,4)8(5,6)7/h2*3,5-7H,1,4H2,2H3;2*(H,5,6,7)/q2*+1;;/p-2. The zero-order valence-corrected chi connectivity index (χ0v) is 19.4. The lowest BCUT2D eigenvalue weighted by Gasteiger charge is -2.08. The second-order valence-corrected chi connectivity index (χ2v) is 8.67. The third-order valence-electron chi connectivity index (χ3n) is 2.89. The number of hydrogen-bond acceptors (Lipinski definition) is 6. The number of halogens is 6. The minimum Gasteiger partial charge on any atom is -0.741 e. The lowest BCUT2D eigenvalue weighted by Crippen LogP contribution is -2.29. The van der Waals surface area contributed by atoms with Crippen molar-refractivity contribution in [3.8, 4) is 0 Å². The van der Waals surface area contributed by atoms with Crippen LogP contribution >= 0.6 is 0 Å². The molecule has 34 heavy (non-hydrogen) atoms. The van der Waals surface area contributed by atoms with Crippen LogP contribution in [0.3, 0.4) is 0 Å². The van der Waals surface area contributed by atoms with Gasteiger partial charge in [0, 0.05) is 0 Å². The zero-order chi connectivity index (χ0) is 27.4. The summed E-state index contributed by atoms with van der Waals surface area (Å²) >= 11 is 0. The molecule has 2 heterocycles. The maximum absolute atomic E-state index is 10.7. The van der Waals surface area contributed by atoms with Gasteiger partial charge in [-0.1, -0.05) is 25.3 Å². The summed E-state index contributed by atoms with van der Waals surface area (Å²) in [5.74, 6) is 0. The van der Waals surface area contributed by atoms with Crippen LogP contribution in [0.5, 0.6) is 0 Å². The minimum atomic E-state index is -6.09. The molecule has 0 atom stereocenters. The zero-order valence-electron chi connectivity index (χ0n) is 17.8. The molecular weight excluding hydrogens is 522 g/mol. The summed E-state index contributed by atoms with van der Waals surface area (Å²) in [6.07, 6.45) is 15.8. The Morgan fingerprint density at radius 3 is 1.12 bits per heavy atom. The molecule has 0 aliphatic rings. The van der Waals surface area contributed by atoms with Crippen LogP contribution in [-0.4, -0.2) is 46.1 Å². The fourth-order valence-corrected chi connectivity index (χ4v) is 1.52. The molecule has 0 aromatic carbocycles. The van der Waals surface area contributed by atoms with E-state index in [-0.39, 0.29) is 0 Å². The molecular formula is C16H22F6N4O6S2. The number of aromatic nitrogens is 4. The van der Waals surface area contributed by atoms with Gasteiger partial charge in [0.15, 0.2) is 20.2 Å². The Hall–Kier alpha value is -2.70. The van der Waals surface area contributed by atoms with E-state index < -0.39 is 31.3 Å². The molecule has 0 amide bonds. The first-order valence-corrected chi connectivity index (χ1v) is 11.3. The summed E-state index contributed by atoms with van der Waals surface area (Å²) in [5.41, 5.74) is -11.3. The molecule has 18 heteroatoms. The topological polar surface area (TPSA) is 132 Å². The molecule has 0 unspecified atom stereocenters. The summed E-state index contributed by atoms with van der Waals surface area (Å²) in [4.78, 5) is 0. The van der Waals surface area contributed by atoms with E-state index in [1.165, 1.54) is 0 Å². The van der Waals surface area contributed by atoms with E-state index in [9.17, 15) is 26.3 Å². The van der Waals surface area contributed by atoms with Crippen molar-refractivity contribution in [3.63, 3.8) is 0 Å². The predicted octanol–water partition coefficient (Wildman–Crippen LogP) is 1.10. The number of rotatable bonds is 4. The average molecular weight is 544 g/mol. The third kappa shape index (κ3) is 15.2. The lowest BCUT2D eigenvalue weighted by atomic mass is 10.6. The van der Waals surface area contributed by atoms with Gasteiger partial charge in [0.05, 0.1) is 14.1 Å². The van der Waals surface area contributed by atoms with E-state index in [1.807, 2.05) is 72.8 Å². The van der Waals surface area contributed by atoms with Gasteiger partial charge < -0.3 is 9.11 Å².